The molecule has 4 aromatic heterocycles. The Labute approximate surface area is 119 Å². The summed E-state index contributed by atoms with van der Waals surface area (Å²) in [6.07, 6.45) is 5.37. The molecule has 0 amide bonds. The van der Waals surface area contributed by atoms with Gasteiger partial charge in [-0.15, -0.1) is 0 Å². The maximum atomic E-state index is 5.70. The van der Waals surface area contributed by atoms with E-state index in [1.165, 1.54) is 0 Å². The number of H-pyrrole nitrogens is 1. The normalized spacial score (nSPS) is 11.3. The van der Waals surface area contributed by atoms with Gasteiger partial charge < -0.3 is 16.0 Å². The van der Waals surface area contributed by atoms with Gasteiger partial charge in [0.15, 0.2) is 5.65 Å². The van der Waals surface area contributed by atoms with Crippen LogP contribution in [0.15, 0.2) is 30.7 Å². The Hall–Kier alpha value is -3.16. The van der Waals surface area contributed by atoms with Crippen molar-refractivity contribution >= 4 is 28.4 Å². The number of imidazole rings is 1. The summed E-state index contributed by atoms with van der Waals surface area (Å²) in [6, 6.07) is 3.83. The summed E-state index contributed by atoms with van der Waals surface area (Å²) < 4.78 is 1.73. The quantitative estimate of drug-likeness (QED) is 0.510. The topological polar surface area (TPSA) is 110 Å². The van der Waals surface area contributed by atoms with Gasteiger partial charge in [-0.2, -0.15) is 15.1 Å². The fraction of sp³-hybridized carbons (Fsp3) is 0.0769. The first-order valence-electron chi connectivity index (χ1n) is 6.39. The molecule has 21 heavy (non-hydrogen) atoms. The smallest absolute Gasteiger partial charge is 0.223 e. The van der Waals surface area contributed by atoms with E-state index in [0.29, 0.717) is 11.5 Å². The van der Waals surface area contributed by atoms with E-state index in [-0.39, 0.29) is 5.95 Å². The Bertz CT molecular complexity index is 951. The molecule has 4 rings (SSSR count). The van der Waals surface area contributed by atoms with Gasteiger partial charge in [-0.3, -0.25) is 0 Å². The number of aromatic amines is 1. The summed E-state index contributed by atoms with van der Waals surface area (Å²) in [5.74, 6) is 0.888. The van der Waals surface area contributed by atoms with Gasteiger partial charge in [-0.25, -0.2) is 9.50 Å². The molecular formula is C13H12N8. The van der Waals surface area contributed by atoms with Gasteiger partial charge in [0, 0.05) is 31.2 Å². The molecule has 0 atom stereocenters. The number of hydrogen-bond donors (Lipinski definition) is 3. The molecule has 0 radical (unpaired) electrons. The van der Waals surface area contributed by atoms with E-state index in [4.69, 9.17) is 5.73 Å². The molecule has 0 aliphatic heterocycles. The predicted molar refractivity (Wildman–Crippen MR) is 79.8 cm³/mol. The summed E-state index contributed by atoms with van der Waals surface area (Å²) in [5.41, 5.74) is 8.88. The lowest BCUT2D eigenvalue weighted by atomic mass is 10.1. The first-order valence-corrected chi connectivity index (χ1v) is 6.39. The molecule has 0 aliphatic rings. The lowest BCUT2D eigenvalue weighted by Crippen LogP contribution is -2.01. The first-order chi connectivity index (χ1) is 10.3. The molecule has 104 valence electrons. The van der Waals surface area contributed by atoms with Gasteiger partial charge in [0.1, 0.15) is 11.5 Å². The van der Waals surface area contributed by atoms with Crippen molar-refractivity contribution in [2.24, 2.45) is 0 Å². The minimum atomic E-state index is 0.221. The van der Waals surface area contributed by atoms with E-state index in [2.05, 4.69) is 30.4 Å². The lowest BCUT2D eigenvalue weighted by molar-refractivity contribution is 0.943. The SMILES string of the molecule is CNc1nc(N)nc2[nH]cc(-c3ccc4nccn4n3)c12. The summed E-state index contributed by atoms with van der Waals surface area (Å²) in [5, 5.41) is 8.45. The number of nitrogens with one attached hydrogen (secondary N) is 2. The van der Waals surface area contributed by atoms with Crippen LogP contribution in [0.2, 0.25) is 0 Å². The van der Waals surface area contributed by atoms with Crippen molar-refractivity contribution < 1.29 is 0 Å². The zero-order chi connectivity index (χ0) is 14.4. The lowest BCUT2D eigenvalue weighted by Gasteiger charge is -2.05. The van der Waals surface area contributed by atoms with Gasteiger partial charge in [0.25, 0.3) is 0 Å². The summed E-state index contributed by atoms with van der Waals surface area (Å²) in [4.78, 5) is 15.7. The van der Waals surface area contributed by atoms with Crippen LogP contribution in [0.1, 0.15) is 0 Å². The molecule has 0 unspecified atom stereocenters. The first kappa shape index (κ1) is 11.6. The zero-order valence-electron chi connectivity index (χ0n) is 11.2. The minimum Gasteiger partial charge on any atom is -0.372 e. The van der Waals surface area contributed by atoms with Crippen LogP contribution >= 0.6 is 0 Å². The maximum Gasteiger partial charge on any atom is 0.223 e. The highest BCUT2D eigenvalue weighted by Gasteiger charge is 2.14. The van der Waals surface area contributed by atoms with E-state index >= 15 is 0 Å². The van der Waals surface area contributed by atoms with E-state index in [1.54, 1.807) is 24.0 Å². The number of hydrogen-bond acceptors (Lipinski definition) is 6. The van der Waals surface area contributed by atoms with Crippen molar-refractivity contribution in [1.82, 2.24) is 29.5 Å². The van der Waals surface area contributed by atoms with Gasteiger partial charge in [0.05, 0.1) is 11.1 Å². The van der Waals surface area contributed by atoms with Crippen LogP contribution in [-0.2, 0) is 0 Å². The van der Waals surface area contributed by atoms with Crippen LogP contribution in [0.3, 0.4) is 0 Å². The molecule has 0 saturated heterocycles. The Morgan fingerprint density at radius 2 is 2.19 bits per heavy atom. The van der Waals surface area contributed by atoms with E-state index in [9.17, 15) is 0 Å². The molecule has 0 aliphatic carbocycles. The van der Waals surface area contributed by atoms with Crippen molar-refractivity contribution in [3.8, 4) is 11.3 Å². The molecule has 0 spiro atoms. The fourth-order valence-corrected chi connectivity index (χ4v) is 2.39. The second-order valence-electron chi connectivity index (χ2n) is 4.55. The van der Waals surface area contributed by atoms with Gasteiger partial charge in [0.2, 0.25) is 5.95 Å². The van der Waals surface area contributed by atoms with E-state index in [0.717, 1.165) is 22.3 Å². The third-order valence-corrected chi connectivity index (χ3v) is 3.32. The molecule has 4 N–H and O–H groups in total. The Morgan fingerprint density at radius 1 is 1.29 bits per heavy atom. The molecule has 0 bridgehead atoms. The number of aromatic nitrogens is 6. The average molecular weight is 280 g/mol. The summed E-state index contributed by atoms with van der Waals surface area (Å²) in [7, 11) is 1.80. The zero-order valence-corrected chi connectivity index (χ0v) is 11.2. The Balaban J connectivity index is 2.01. The number of rotatable bonds is 2. The second kappa shape index (κ2) is 4.17. The Morgan fingerprint density at radius 3 is 3.05 bits per heavy atom. The molecule has 4 heterocycles. The van der Waals surface area contributed by atoms with Crippen LogP contribution in [0, 0.1) is 0 Å². The highest BCUT2D eigenvalue weighted by atomic mass is 15.2. The third-order valence-electron chi connectivity index (χ3n) is 3.32. The number of nitrogens with two attached hydrogens (primary N) is 1. The van der Waals surface area contributed by atoms with Gasteiger partial charge in [-0.1, -0.05) is 0 Å². The van der Waals surface area contributed by atoms with Crippen LogP contribution < -0.4 is 11.1 Å². The molecular weight excluding hydrogens is 268 g/mol. The van der Waals surface area contributed by atoms with Crippen molar-refractivity contribution in [2.75, 3.05) is 18.1 Å². The van der Waals surface area contributed by atoms with Crippen molar-refractivity contribution in [1.29, 1.82) is 0 Å². The predicted octanol–water partition coefficient (Wildman–Crippen LogP) is 1.29. The van der Waals surface area contributed by atoms with Crippen LogP contribution in [-0.4, -0.2) is 36.6 Å². The van der Waals surface area contributed by atoms with E-state index in [1.807, 2.05) is 18.3 Å². The molecule has 8 nitrogen and oxygen atoms in total. The monoisotopic (exact) mass is 280 g/mol. The van der Waals surface area contributed by atoms with Crippen molar-refractivity contribution in [2.45, 2.75) is 0 Å². The number of nitrogen functional groups attached to an aromatic ring is 1. The average Bonchev–Trinajstić information content (AvgIpc) is 3.11. The molecule has 0 saturated carbocycles. The second-order valence-corrected chi connectivity index (χ2v) is 4.55. The molecule has 0 aromatic carbocycles. The van der Waals surface area contributed by atoms with Crippen molar-refractivity contribution in [3.63, 3.8) is 0 Å². The number of nitrogens with zero attached hydrogens (tertiary/aromatic N) is 5. The fourth-order valence-electron chi connectivity index (χ4n) is 2.39. The van der Waals surface area contributed by atoms with Crippen molar-refractivity contribution in [3.05, 3.63) is 30.7 Å². The highest BCUT2D eigenvalue weighted by molar-refractivity contribution is 6.00. The molecule has 0 fully saturated rings. The van der Waals surface area contributed by atoms with E-state index < -0.39 is 0 Å². The maximum absolute atomic E-state index is 5.70. The van der Waals surface area contributed by atoms with Crippen LogP contribution in [0.4, 0.5) is 11.8 Å². The Kier molecular flexibility index (Phi) is 2.31. The number of anilines is 2. The van der Waals surface area contributed by atoms with Gasteiger partial charge in [-0.05, 0) is 12.1 Å². The summed E-state index contributed by atoms with van der Waals surface area (Å²) in [6.45, 7) is 0. The van der Waals surface area contributed by atoms with Crippen LogP contribution in [0.5, 0.6) is 0 Å². The van der Waals surface area contributed by atoms with Gasteiger partial charge >= 0.3 is 0 Å². The summed E-state index contributed by atoms with van der Waals surface area (Å²) >= 11 is 0. The molecule has 4 aromatic rings. The standard InChI is InChI=1S/C13H12N8/c1-15-11-10-7(6-17-12(10)19-13(14)18-11)8-2-3-9-16-4-5-21(9)20-8/h2-6H,1H3,(H4,14,15,17,18,19). The largest absolute Gasteiger partial charge is 0.372 e. The minimum absolute atomic E-state index is 0.221. The highest BCUT2D eigenvalue weighted by Crippen LogP contribution is 2.31. The third kappa shape index (κ3) is 1.69. The van der Waals surface area contributed by atoms with Crippen LogP contribution in [0.25, 0.3) is 27.9 Å². The molecule has 8 heteroatoms. The number of fused-ring (bicyclic) bond motifs is 2.